The van der Waals surface area contributed by atoms with Gasteiger partial charge in [-0.2, -0.15) is 5.10 Å². The number of aromatic nitrogens is 2. The van der Waals surface area contributed by atoms with Crippen molar-refractivity contribution in [2.75, 3.05) is 4.72 Å². The highest BCUT2D eigenvalue weighted by Gasteiger charge is 2.17. The number of nitrogens with one attached hydrogen (secondary N) is 1. The van der Waals surface area contributed by atoms with Crippen LogP contribution in [0.4, 0.5) is 5.69 Å². The van der Waals surface area contributed by atoms with Gasteiger partial charge < -0.3 is 0 Å². The predicted octanol–water partition coefficient (Wildman–Crippen LogP) is 2.68. The van der Waals surface area contributed by atoms with Crippen LogP contribution in [0.25, 0.3) is 0 Å². The summed E-state index contributed by atoms with van der Waals surface area (Å²) >= 11 is 3.33. The molecule has 0 fully saturated rings. The molecular weight excluding hydrogens is 342 g/mol. The van der Waals surface area contributed by atoms with E-state index in [2.05, 4.69) is 25.8 Å². The monoisotopic (exact) mass is 357 g/mol. The van der Waals surface area contributed by atoms with Crippen LogP contribution in [-0.2, 0) is 28.8 Å². The van der Waals surface area contributed by atoms with Crippen molar-refractivity contribution < 1.29 is 8.42 Å². The Bertz CT molecular complexity index is 693. The van der Waals surface area contributed by atoms with Gasteiger partial charge in [0.25, 0.3) is 10.0 Å². The molecule has 1 N–H and O–H groups in total. The summed E-state index contributed by atoms with van der Waals surface area (Å²) in [6, 6.07) is 6.77. The zero-order valence-corrected chi connectivity index (χ0v) is 13.7. The van der Waals surface area contributed by atoms with E-state index in [1.807, 2.05) is 6.92 Å². The predicted molar refractivity (Wildman–Crippen MR) is 82.5 cm³/mol. The molecule has 2 aromatic rings. The molecule has 2 rings (SSSR count). The van der Waals surface area contributed by atoms with Crippen LogP contribution in [0.3, 0.4) is 0 Å². The number of sulfonamides is 1. The largest absolute Gasteiger partial charge is 0.276 e. The van der Waals surface area contributed by atoms with Crippen molar-refractivity contribution in [1.82, 2.24) is 9.78 Å². The average Bonchev–Trinajstić information content (AvgIpc) is 2.78. The lowest BCUT2D eigenvalue weighted by molar-refractivity contribution is 0.601. The highest BCUT2D eigenvalue weighted by atomic mass is 79.9. The van der Waals surface area contributed by atoms with Crippen LogP contribution in [0, 0.1) is 0 Å². The van der Waals surface area contributed by atoms with Crippen molar-refractivity contribution in [3.63, 3.8) is 0 Å². The van der Waals surface area contributed by atoms with Gasteiger partial charge in [-0.05, 0) is 24.1 Å². The average molecular weight is 358 g/mol. The number of rotatable bonds is 5. The van der Waals surface area contributed by atoms with Crippen LogP contribution in [0.5, 0.6) is 0 Å². The fraction of sp³-hybridized carbons (Fsp3) is 0.308. The minimum atomic E-state index is -3.58. The quantitative estimate of drug-likeness (QED) is 0.836. The maximum absolute atomic E-state index is 12.3. The first-order valence-corrected chi connectivity index (χ1v) is 8.77. The van der Waals surface area contributed by atoms with Gasteiger partial charge in [0.2, 0.25) is 0 Å². The molecule has 0 amide bonds. The fourth-order valence-electron chi connectivity index (χ4n) is 1.84. The number of hydrogen-bond donors (Lipinski definition) is 1. The van der Waals surface area contributed by atoms with Crippen molar-refractivity contribution >= 4 is 31.6 Å². The summed E-state index contributed by atoms with van der Waals surface area (Å²) in [7, 11) is -1.81. The van der Waals surface area contributed by atoms with Gasteiger partial charge in [0.05, 0.1) is 16.3 Å². The molecule has 0 saturated heterocycles. The van der Waals surface area contributed by atoms with Crippen LogP contribution in [-0.4, -0.2) is 18.2 Å². The summed E-state index contributed by atoms with van der Waals surface area (Å²) in [5.74, 6) is 0. The number of hydrogen-bond acceptors (Lipinski definition) is 3. The molecule has 0 radical (unpaired) electrons. The van der Waals surface area contributed by atoms with E-state index in [1.165, 1.54) is 0 Å². The SMILES string of the molecule is CCc1nn(C)cc1NS(=O)(=O)c1ccc(CBr)cc1. The molecule has 108 valence electrons. The van der Waals surface area contributed by atoms with E-state index >= 15 is 0 Å². The Hall–Kier alpha value is -1.34. The molecule has 0 atom stereocenters. The van der Waals surface area contributed by atoms with Crippen LogP contribution in [0.15, 0.2) is 35.4 Å². The van der Waals surface area contributed by atoms with Crippen LogP contribution in [0.2, 0.25) is 0 Å². The van der Waals surface area contributed by atoms with E-state index in [0.29, 0.717) is 17.4 Å². The van der Waals surface area contributed by atoms with Gasteiger partial charge in [-0.25, -0.2) is 8.42 Å². The standard InChI is InChI=1S/C13H16BrN3O2S/c1-3-12-13(9-17(2)15-12)16-20(18,19)11-6-4-10(8-14)5-7-11/h4-7,9,16H,3,8H2,1-2H3. The maximum Gasteiger partial charge on any atom is 0.262 e. The van der Waals surface area contributed by atoms with Crippen molar-refractivity contribution in [2.45, 2.75) is 23.6 Å². The number of anilines is 1. The Morgan fingerprint density at radius 2 is 1.95 bits per heavy atom. The van der Waals surface area contributed by atoms with Gasteiger partial charge in [0.15, 0.2) is 0 Å². The van der Waals surface area contributed by atoms with E-state index < -0.39 is 10.0 Å². The maximum atomic E-state index is 12.3. The van der Waals surface area contributed by atoms with Gasteiger partial charge in [-0.15, -0.1) is 0 Å². The molecule has 7 heteroatoms. The highest BCUT2D eigenvalue weighted by Crippen LogP contribution is 2.20. The van der Waals surface area contributed by atoms with Gasteiger partial charge in [0.1, 0.15) is 0 Å². The fourth-order valence-corrected chi connectivity index (χ4v) is 3.29. The summed E-state index contributed by atoms with van der Waals surface area (Å²) in [6.07, 6.45) is 2.34. The highest BCUT2D eigenvalue weighted by molar-refractivity contribution is 9.08. The van der Waals surface area contributed by atoms with Crippen LogP contribution in [0.1, 0.15) is 18.2 Å². The Morgan fingerprint density at radius 3 is 2.50 bits per heavy atom. The smallest absolute Gasteiger partial charge is 0.262 e. The second-order valence-electron chi connectivity index (χ2n) is 4.40. The second kappa shape index (κ2) is 5.97. The Balaban J connectivity index is 2.30. The molecule has 1 heterocycles. The minimum absolute atomic E-state index is 0.244. The Kier molecular flexibility index (Phi) is 4.49. The van der Waals surface area contributed by atoms with Gasteiger partial charge in [-0.1, -0.05) is 35.0 Å². The molecule has 0 saturated carbocycles. The summed E-state index contributed by atoms with van der Waals surface area (Å²) in [4.78, 5) is 0.244. The van der Waals surface area contributed by atoms with Crippen molar-refractivity contribution in [3.8, 4) is 0 Å². The van der Waals surface area contributed by atoms with Crippen molar-refractivity contribution in [3.05, 3.63) is 41.7 Å². The van der Waals surface area contributed by atoms with Gasteiger partial charge in [0, 0.05) is 18.6 Å². The topological polar surface area (TPSA) is 64.0 Å². The van der Waals surface area contributed by atoms with Gasteiger partial charge in [-0.3, -0.25) is 9.40 Å². The lowest BCUT2D eigenvalue weighted by Crippen LogP contribution is -2.13. The first-order chi connectivity index (χ1) is 9.46. The van der Waals surface area contributed by atoms with Crippen molar-refractivity contribution in [2.24, 2.45) is 7.05 Å². The molecule has 0 bridgehead atoms. The molecule has 0 unspecified atom stereocenters. The molecule has 1 aromatic heterocycles. The minimum Gasteiger partial charge on any atom is -0.276 e. The van der Waals surface area contributed by atoms with E-state index in [4.69, 9.17) is 0 Å². The Morgan fingerprint density at radius 1 is 1.30 bits per heavy atom. The van der Waals surface area contributed by atoms with Crippen LogP contribution >= 0.6 is 15.9 Å². The normalized spacial score (nSPS) is 11.6. The van der Waals surface area contributed by atoms with Gasteiger partial charge >= 0.3 is 0 Å². The molecule has 5 nitrogen and oxygen atoms in total. The summed E-state index contributed by atoms with van der Waals surface area (Å²) < 4.78 is 28.8. The molecule has 0 aliphatic carbocycles. The van der Waals surface area contributed by atoms with E-state index in [0.717, 1.165) is 11.3 Å². The molecule has 0 aliphatic heterocycles. The zero-order chi connectivity index (χ0) is 14.8. The first kappa shape index (κ1) is 15.1. The summed E-state index contributed by atoms with van der Waals surface area (Å²) in [5, 5.41) is 4.92. The van der Waals surface area contributed by atoms with E-state index in [9.17, 15) is 8.42 Å². The van der Waals surface area contributed by atoms with Crippen molar-refractivity contribution in [1.29, 1.82) is 0 Å². The van der Waals surface area contributed by atoms with E-state index in [1.54, 1.807) is 42.2 Å². The lowest BCUT2D eigenvalue weighted by atomic mass is 10.2. The molecular formula is C13H16BrN3O2S. The summed E-state index contributed by atoms with van der Waals surface area (Å²) in [6.45, 7) is 1.94. The molecule has 0 spiro atoms. The second-order valence-corrected chi connectivity index (χ2v) is 6.64. The third kappa shape index (κ3) is 3.21. The number of benzene rings is 1. The Labute approximate surface area is 127 Å². The molecule has 0 aliphatic rings. The number of alkyl halides is 1. The van der Waals surface area contributed by atoms with E-state index in [-0.39, 0.29) is 4.90 Å². The third-order valence-electron chi connectivity index (χ3n) is 2.87. The first-order valence-electron chi connectivity index (χ1n) is 6.16. The number of aryl methyl sites for hydroxylation is 2. The molecule has 20 heavy (non-hydrogen) atoms. The number of nitrogens with zero attached hydrogens (tertiary/aromatic N) is 2. The number of halogens is 1. The molecule has 1 aromatic carbocycles. The lowest BCUT2D eigenvalue weighted by Gasteiger charge is -2.07. The van der Waals surface area contributed by atoms with Crippen LogP contribution < -0.4 is 4.72 Å². The zero-order valence-electron chi connectivity index (χ0n) is 11.3. The third-order valence-corrected chi connectivity index (χ3v) is 4.90. The summed E-state index contributed by atoms with van der Waals surface area (Å²) in [5.41, 5.74) is 2.28.